The lowest BCUT2D eigenvalue weighted by Crippen LogP contribution is -2.76. The lowest BCUT2D eigenvalue weighted by Gasteiger charge is -2.54. The van der Waals surface area contributed by atoms with E-state index < -0.39 is 63.3 Å². The Morgan fingerprint density at radius 3 is 0.804 bits per heavy atom. The number of hydrogen-bond acceptors (Lipinski definition) is 6. The Morgan fingerprint density at radius 2 is 0.609 bits per heavy atom. The summed E-state index contributed by atoms with van der Waals surface area (Å²) in [5.74, 6) is 0. The Morgan fingerprint density at radius 1 is 0.391 bits per heavy atom. The summed E-state index contributed by atoms with van der Waals surface area (Å²) in [6.45, 7) is 12.8. The third-order valence-corrected chi connectivity index (χ3v) is 19.6. The molecule has 0 aromatic heterocycles. The van der Waals surface area contributed by atoms with E-state index in [0.29, 0.717) is 0 Å². The Bertz CT molecular complexity index is 1340. The number of aliphatic hydroxyl groups excluding tert-OH is 4. The van der Waals surface area contributed by atoms with Crippen molar-refractivity contribution in [2.75, 3.05) is 0 Å². The fourth-order valence-corrected chi connectivity index (χ4v) is 16.6. The van der Waals surface area contributed by atoms with Crippen molar-refractivity contribution in [1.82, 2.24) is 0 Å². The second kappa shape index (κ2) is 13.3. The van der Waals surface area contributed by atoms with Crippen LogP contribution in [0.15, 0.2) is 121 Å². The van der Waals surface area contributed by atoms with Gasteiger partial charge in [-0.3, -0.25) is 0 Å². The van der Waals surface area contributed by atoms with Crippen LogP contribution in [0, 0.1) is 0 Å². The lowest BCUT2D eigenvalue weighted by molar-refractivity contribution is -0.214. The van der Waals surface area contributed by atoms with Gasteiger partial charge in [-0.2, -0.15) is 0 Å². The summed E-state index contributed by atoms with van der Waals surface area (Å²) >= 11 is 0. The topological polar surface area (TPSA) is 99.4 Å². The summed E-state index contributed by atoms with van der Waals surface area (Å²) in [7, 11) is -6.62. The largest absolute Gasteiger partial charge is 0.399 e. The maximum atomic E-state index is 11.9. The van der Waals surface area contributed by atoms with Gasteiger partial charge < -0.3 is 29.3 Å². The standard InChI is InChI=1S/C38H48O6Si2/c1-37(2,3)45(27-19-11-7-12-20-27,28-21-13-8-14-22-28)43-35-33(41)31(39)32(40)34(42)36(35)44-46(38(4,5)6,29-23-15-9-16-24-29)30-25-17-10-18-26-30/h7-26,31-36,39-42H,1-6H3/t31-,32+,33-,34-,35+,36+/m1/s1. The molecule has 4 aromatic rings. The van der Waals surface area contributed by atoms with Gasteiger partial charge in [0.05, 0.1) is 0 Å². The number of benzene rings is 4. The van der Waals surface area contributed by atoms with Crippen LogP contribution in [0.5, 0.6) is 0 Å². The minimum Gasteiger partial charge on any atom is -0.399 e. The molecule has 0 unspecified atom stereocenters. The second-order valence-corrected chi connectivity index (χ2v) is 23.0. The molecule has 0 spiro atoms. The van der Waals surface area contributed by atoms with Crippen LogP contribution in [0.3, 0.4) is 0 Å². The highest BCUT2D eigenvalue weighted by Gasteiger charge is 2.61. The van der Waals surface area contributed by atoms with Crippen molar-refractivity contribution in [3.63, 3.8) is 0 Å². The molecule has 6 atom stereocenters. The van der Waals surface area contributed by atoms with E-state index in [9.17, 15) is 20.4 Å². The average molecular weight is 657 g/mol. The van der Waals surface area contributed by atoms with Crippen molar-refractivity contribution in [1.29, 1.82) is 0 Å². The SMILES string of the molecule is CC(C)(C)[Si](O[C@H]1[C@H](O)[C@H](O)[C@H](O)[C@@H](O)[C@@H]1O[Si](c1ccccc1)(c1ccccc1)C(C)(C)C)(c1ccccc1)c1ccccc1. The van der Waals surface area contributed by atoms with Gasteiger partial charge in [-0.25, -0.2) is 0 Å². The zero-order valence-corrected chi connectivity index (χ0v) is 29.6. The molecule has 4 N–H and O–H groups in total. The van der Waals surface area contributed by atoms with Crippen molar-refractivity contribution >= 4 is 37.4 Å². The highest BCUT2D eigenvalue weighted by Crippen LogP contribution is 2.43. The summed E-state index contributed by atoms with van der Waals surface area (Å²) in [6.07, 6.45) is -8.72. The van der Waals surface area contributed by atoms with Crippen molar-refractivity contribution in [3.05, 3.63) is 121 Å². The Hall–Kier alpha value is -2.93. The van der Waals surface area contributed by atoms with Crippen LogP contribution < -0.4 is 20.7 Å². The van der Waals surface area contributed by atoms with Gasteiger partial charge in [0.1, 0.15) is 36.6 Å². The van der Waals surface area contributed by atoms with Crippen LogP contribution in [-0.2, 0) is 8.85 Å². The molecule has 0 bridgehead atoms. The van der Waals surface area contributed by atoms with Crippen LogP contribution >= 0.6 is 0 Å². The molecule has 1 fully saturated rings. The fourth-order valence-electron chi connectivity index (χ4n) is 7.25. The highest BCUT2D eigenvalue weighted by molar-refractivity contribution is 7.00. The third kappa shape index (κ3) is 5.97. The van der Waals surface area contributed by atoms with Crippen LogP contribution in [0.2, 0.25) is 10.1 Å². The molecule has 1 aliphatic carbocycles. The van der Waals surface area contributed by atoms with Crippen molar-refractivity contribution in [2.24, 2.45) is 0 Å². The van der Waals surface area contributed by atoms with E-state index in [1.54, 1.807) is 0 Å². The third-order valence-electron chi connectivity index (χ3n) is 9.51. The molecule has 0 radical (unpaired) electrons. The van der Waals surface area contributed by atoms with E-state index in [2.05, 4.69) is 90.1 Å². The van der Waals surface area contributed by atoms with Gasteiger partial charge in [-0.1, -0.05) is 163 Å². The summed E-state index contributed by atoms with van der Waals surface area (Å²) in [5.41, 5.74) is 0. The van der Waals surface area contributed by atoms with Crippen LogP contribution in [0.4, 0.5) is 0 Å². The van der Waals surface area contributed by atoms with Crippen LogP contribution in [-0.4, -0.2) is 73.7 Å². The Balaban J connectivity index is 1.76. The Kier molecular flexibility index (Phi) is 9.94. The van der Waals surface area contributed by atoms with Gasteiger partial charge in [0.2, 0.25) is 0 Å². The molecule has 4 aromatic carbocycles. The van der Waals surface area contributed by atoms with Crippen LogP contribution in [0.1, 0.15) is 41.5 Å². The first-order chi connectivity index (χ1) is 21.8. The molecule has 8 heteroatoms. The van der Waals surface area contributed by atoms with Gasteiger partial charge in [0, 0.05) is 0 Å². The van der Waals surface area contributed by atoms with E-state index >= 15 is 0 Å². The van der Waals surface area contributed by atoms with Gasteiger partial charge in [-0.05, 0) is 30.8 Å². The van der Waals surface area contributed by atoms with E-state index in [1.165, 1.54) is 0 Å². The highest BCUT2D eigenvalue weighted by atomic mass is 28.4. The first kappa shape index (κ1) is 34.4. The lowest BCUT2D eigenvalue weighted by atomic mass is 9.85. The summed E-state index contributed by atoms with van der Waals surface area (Å²) in [6, 6.07) is 40.1. The molecule has 6 nitrogen and oxygen atoms in total. The summed E-state index contributed by atoms with van der Waals surface area (Å²) < 4.78 is 14.8. The van der Waals surface area contributed by atoms with E-state index in [0.717, 1.165) is 20.7 Å². The van der Waals surface area contributed by atoms with E-state index in [1.807, 2.05) is 72.8 Å². The molecule has 0 amide bonds. The number of hydrogen-bond donors (Lipinski definition) is 4. The monoisotopic (exact) mass is 656 g/mol. The minimum absolute atomic E-state index is 0.455. The maximum absolute atomic E-state index is 11.9. The molecule has 0 aliphatic heterocycles. The predicted octanol–water partition coefficient (Wildman–Crippen LogP) is 3.33. The first-order valence-corrected chi connectivity index (χ1v) is 19.9. The van der Waals surface area contributed by atoms with Gasteiger partial charge >= 0.3 is 0 Å². The summed E-state index contributed by atoms with van der Waals surface area (Å²) in [5, 5.41) is 49.1. The van der Waals surface area contributed by atoms with Crippen molar-refractivity contribution in [2.45, 2.75) is 88.2 Å². The van der Waals surface area contributed by atoms with Gasteiger partial charge in [0.25, 0.3) is 16.6 Å². The molecule has 1 aliphatic rings. The van der Waals surface area contributed by atoms with Crippen molar-refractivity contribution < 1.29 is 29.3 Å². The Labute approximate surface area is 275 Å². The fraction of sp³-hybridized carbons (Fsp3) is 0.368. The van der Waals surface area contributed by atoms with Crippen LogP contribution in [0.25, 0.3) is 0 Å². The number of aliphatic hydroxyl groups is 4. The van der Waals surface area contributed by atoms with Gasteiger partial charge in [0.15, 0.2) is 0 Å². The smallest absolute Gasteiger partial charge is 0.261 e. The van der Waals surface area contributed by atoms with E-state index in [4.69, 9.17) is 8.85 Å². The second-order valence-electron chi connectivity index (χ2n) is 14.5. The molecule has 46 heavy (non-hydrogen) atoms. The molecule has 0 saturated heterocycles. The average Bonchev–Trinajstić information content (AvgIpc) is 3.05. The number of rotatable bonds is 8. The van der Waals surface area contributed by atoms with E-state index in [-0.39, 0.29) is 0 Å². The quantitative estimate of drug-likeness (QED) is 0.217. The first-order valence-electron chi connectivity index (χ1n) is 16.1. The molecule has 5 rings (SSSR count). The summed E-state index contributed by atoms with van der Waals surface area (Å²) in [4.78, 5) is 0. The minimum atomic E-state index is -3.31. The normalized spacial score (nSPS) is 24.5. The zero-order chi connectivity index (χ0) is 33.3. The predicted molar refractivity (Wildman–Crippen MR) is 189 cm³/mol. The maximum Gasteiger partial charge on any atom is 0.261 e. The molecule has 244 valence electrons. The van der Waals surface area contributed by atoms with Crippen molar-refractivity contribution in [3.8, 4) is 0 Å². The van der Waals surface area contributed by atoms with Gasteiger partial charge in [-0.15, -0.1) is 0 Å². The molecular formula is C38H48O6Si2. The molecule has 1 saturated carbocycles. The zero-order valence-electron chi connectivity index (χ0n) is 27.6. The molecule has 0 heterocycles. The molecular weight excluding hydrogens is 609 g/mol.